The summed E-state index contributed by atoms with van der Waals surface area (Å²) < 4.78 is 24.5. The molecule has 1 aromatic carbocycles. The molecule has 2 N–H and O–H groups in total. The SMILES string of the molecule is CCNC(=NCCc1cnn(-c2ccccc2)c1)NC(C)CCS(C)(=O)=O.I. The number of nitrogens with zero attached hydrogens (tertiary/aromatic N) is 3. The van der Waals surface area contributed by atoms with E-state index in [1.807, 2.05) is 61.3 Å². The summed E-state index contributed by atoms with van der Waals surface area (Å²) >= 11 is 0. The second-order valence-corrected chi connectivity index (χ2v) is 8.86. The lowest BCUT2D eigenvalue weighted by molar-refractivity contribution is 0.581. The first-order chi connectivity index (χ1) is 12.9. The van der Waals surface area contributed by atoms with Gasteiger partial charge in [-0.15, -0.1) is 24.0 Å². The minimum absolute atomic E-state index is 0. The maximum atomic E-state index is 11.3. The molecule has 0 bridgehead atoms. The zero-order valence-electron chi connectivity index (χ0n) is 16.6. The van der Waals surface area contributed by atoms with Crippen molar-refractivity contribution >= 4 is 39.8 Å². The number of guanidine groups is 1. The predicted molar refractivity (Wildman–Crippen MR) is 126 cm³/mol. The highest BCUT2D eigenvalue weighted by molar-refractivity contribution is 14.0. The number of hydrogen-bond acceptors (Lipinski definition) is 4. The van der Waals surface area contributed by atoms with Gasteiger partial charge in [-0.1, -0.05) is 18.2 Å². The van der Waals surface area contributed by atoms with E-state index < -0.39 is 9.84 Å². The van der Waals surface area contributed by atoms with Crippen LogP contribution in [0.3, 0.4) is 0 Å². The van der Waals surface area contributed by atoms with Gasteiger partial charge in [0, 0.05) is 31.6 Å². The van der Waals surface area contributed by atoms with Crippen molar-refractivity contribution in [3.63, 3.8) is 0 Å². The number of sulfone groups is 1. The molecule has 1 aromatic heterocycles. The third-order valence-electron chi connectivity index (χ3n) is 3.98. The molecular weight excluding hydrogens is 489 g/mol. The van der Waals surface area contributed by atoms with E-state index in [4.69, 9.17) is 0 Å². The molecule has 156 valence electrons. The molecule has 0 aliphatic carbocycles. The lowest BCUT2D eigenvalue weighted by Crippen LogP contribution is -2.43. The second kappa shape index (κ2) is 12.1. The van der Waals surface area contributed by atoms with Crippen LogP contribution in [0.15, 0.2) is 47.7 Å². The summed E-state index contributed by atoms with van der Waals surface area (Å²) in [4.78, 5) is 4.58. The Morgan fingerprint density at radius 2 is 2.00 bits per heavy atom. The van der Waals surface area contributed by atoms with Crippen molar-refractivity contribution in [2.45, 2.75) is 32.7 Å². The van der Waals surface area contributed by atoms with Crippen LogP contribution in [-0.2, 0) is 16.3 Å². The number of nitrogens with one attached hydrogen (secondary N) is 2. The number of aliphatic imine (C=N–C) groups is 1. The smallest absolute Gasteiger partial charge is 0.191 e. The van der Waals surface area contributed by atoms with E-state index in [1.165, 1.54) is 6.26 Å². The molecule has 0 amide bonds. The average Bonchev–Trinajstić information content (AvgIpc) is 3.09. The fourth-order valence-corrected chi connectivity index (χ4v) is 3.31. The molecule has 0 saturated heterocycles. The van der Waals surface area contributed by atoms with Gasteiger partial charge in [-0.2, -0.15) is 5.10 Å². The van der Waals surface area contributed by atoms with E-state index in [2.05, 4.69) is 20.7 Å². The van der Waals surface area contributed by atoms with E-state index in [9.17, 15) is 8.42 Å². The quantitative estimate of drug-likeness (QED) is 0.302. The largest absolute Gasteiger partial charge is 0.357 e. The molecule has 0 aliphatic heterocycles. The normalized spacial score (nSPS) is 12.9. The Morgan fingerprint density at radius 3 is 2.64 bits per heavy atom. The standard InChI is InChI=1S/C19H29N5O2S.HI/c1-4-20-19(23-16(2)11-13-27(3,25)26)21-12-10-17-14-22-24(15-17)18-8-6-5-7-9-18;/h5-9,14-16H,4,10-13H2,1-3H3,(H2,20,21,23);1H. The van der Waals surface area contributed by atoms with Crippen LogP contribution in [0.4, 0.5) is 0 Å². The molecule has 0 spiro atoms. The Kier molecular flexibility index (Phi) is 10.5. The molecule has 7 nitrogen and oxygen atoms in total. The Bertz CT molecular complexity index is 837. The highest BCUT2D eigenvalue weighted by Gasteiger charge is 2.09. The fourth-order valence-electron chi connectivity index (χ4n) is 2.52. The maximum absolute atomic E-state index is 11.3. The zero-order chi connectivity index (χ0) is 19.7. The van der Waals surface area contributed by atoms with Gasteiger partial charge in [-0.25, -0.2) is 13.1 Å². The van der Waals surface area contributed by atoms with Crippen molar-refractivity contribution < 1.29 is 8.42 Å². The van der Waals surface area contributed by atoms with Gasteiger partial charge in [-0.05, 0) is 44.4 Å². The molecule has 1 atom stereocenters. The van der Waals surface area contributed by atoms with Gasteiger partial charge >= 0.3 is 0 Å². The molecule has 0 fully saturated rings. The lowest BCUT2D eigenvalue weighted by Gasteiger charge is -2.17. The topological polar surface area (TPSA) is 88.4 Å². The van der Waals surface area contributed by atoms with Gasteiger partial charge < -0.3 is 10.6 Å². The van der Waals surface area contributed by atoms with Crippen LogP contribution >= 0.6 is 24.0 Å². The summed E-state index contributed by atoms with van der Waals surface area (Å²) in [5.41, 5.74) is 2.14. The number of para-hydroxylation sites is 1. The molecule has 0 radical (unpaired) electrons. The molecule has 1 unspecified atom stereocenters. The highest BCUT2D eigenvalue weighted by atomic mass is 127. The van der Waals surface area contributed by atoms with Gasteiger partial charge in [0.1, 0.15) is 9.84 Å². The molecule has 28 heavy (non-hydrogen) atoms. The van der Waals surface area contributed by atoms with Crippen molar-refractivity contribution in [2.75, 3.05) is 25.1 Å². The summed E-state index contributed by atoms with van der Waals surface area (Å²) in [6, 6.07) is 10.0. The molecule has 0 saturated carbocycles. The number of benzene rings is 1. The van der Waals surface area contributed by atoms with Gasteiger partial charge in [0.25, 0.3) is 0 Å². The van der Waals surface area contributed by atoms with E-state index >= 15 is 0 Å². The first-order valence-electron chi connectivity index (χ1n) is 9.19. The Balaban J connectivity index is 0.00000392. The summed E-state index contributed by atoms with van der Waals surface area (Å²) in [6.07, 6.45) is 6.46. The molecule has 1 heterocycles. The average molecular weight is 519 g/mol. The van der Waals surface area contributed by atoms with E-state index in [0.29, 0.717) is 18.9 Å². The van der Waals surface area contributed by atoms with Crippen molar-refractivity contribution in [1.82, 2.24) is 20.4 Å². The predicted octanol–water partition coefficient (Wildman–Crippen LogP) is 2.41. The monoisotopic (exact) mass is 519 g/mol. The van der Waals surface area contributed by atoms with Gasteiger partial charge in [0.15, 0.2) is 5.96 Å². The third-order valence-corrected chi connectivity index (χ3v) is 4.95. The van der Waals surface area contributed by atoms with Gasteiger partial charge in [0.2, 0.25) is 0 Å². The van der Waals surface area contributed by atoms with E-state index in [0.717, 1.165) is 24.2 Å². The van der Waals surface area contributed by atoms with Crippen LogP contribution in [-0.4, -0.2) is 55.3 Å². The maximum Gasteiger partial charge on any atom is 0.191 e. The summed E-state index contributed by atoms with van der Waals surface area (Å²) in [5, 5.41) is 10.9. The molecule has 2 rings (SSSR count). The zero-order valence-corrected chi connectivity index (χ0v) is 19.8. The number of hydrogen-bond donors (Lipinski definition) is 2. The first-order valence-corrected chi connectivity index (χ1v) is 11.2. The Morgan fingerprint density at radius 1 is 1.29 bits per heavy atom. The number of halogens is 1. The first kappa shape index (κ1) is 24.4. The minimum Gasteiger partial charge on any atom is -0.357 e. The lowest BCUT2D eigenvalue weighted by atomic mass is 10.2. The van der Waals surface area contributed by atoms with E-state index in [1.54, 1.807) is 0 Å². The van der Waals surface area contributed by atoms with Crippen LogP contribution in [0.1, 0.15) is 25.8 Å². The minimum atomic E-state index is -2.95. The van der Waals surface area contributed by atoms with Gasteiger partial charge in [0.05, 0.1) is 17.6 Å². The van der Waals surface area contributed by atoms with Gasteiger partial charge in [-0.3, -0.25) is 4.99 Å². The molecule has 9 heteroatoms. The van der Waals surface area contributed by atoms with Crippen molar-refractivity contribution in [3.8, 4) is 5.69 Å². The summed E-state index contributed by atoms with van der Waals surface area (Å²) in [6.45, 7) is 5.33. The number of rotatable bonds is 9. The van der Waals surface area contributed by atoms with Crippen LogP contribution in [0, 0.1) is 0 Å². The highest BCUT2D eigenvalue weighted by Crippen LogP contribution is 2.08. The molecule has 0 aliphatic rings. The van der Waals surface area contributed by atoms with Crippen LogP contribution in [0.25, 0.3) is 5.69 Å². The number of aromatic nitrogens is 2. The fraction of sp³-hybridized carbons (Fsp3) is 0.474. The molecule has 2 aromatic rings. The third kappa shape index (κ3) is 9.05. The summed E-state index contributed by atoms with van der Waals surface area (Å²) in [7, 11) is -2.95. The van der Waals surface area contributed by atoms with Crippen LogP contribution in [0.5, 0.6) is 0 Å². The van der Waals surface area contributed by atoms with Crippen molar-refractivity contribution in [2.24, 2.45) is 4.99 Å². The van der Waals surface area contributed by atoms with E-state index in [-0.39, 0.29) is 35.8 Å². The summed E-state index contributed by atoms with van der Waals surface area (Å²) in [5.74, 6) is 0.869. The Hall–Kier alpha value is -1.62. The van der Waals surface area contributed by atoms with Crippen molar-refractivity contribution in [3.05, 3.63) is 48.3 Å². The Labute approximate surface area is 185 Å². The van der Waals surface area contributed by atoms with Crippen molar-refractivity contribution in [1.29, 1.82) is 0 Å². The van der Waals surface area contributed by atoms with Crippen LogP contribution < -0.4 is 10.6 Å². The molecular formula is C19H30IN5O2S. The van der Waals surface area contributed by atoms with Crippen LogP contribution in [0.2, 0.25) is 0 Å². The second-order valence-electron chi connectivity index (χ2n) is 6.60.